The Morgan fingerprint density at radius 2 is 2.00 bits per heavy atom. The number of carbonyl (C=O) groups is 3. The van der Waals surface area contributed by atoms with Gasteiger partial charge in [0.25, 0.3) is 0 Å². The molecule has 1 heterocycles. The molecule has 0 aromatic heterocycles. The number of piperazine rings is 1. The van der Waals surface area contributed by atoms with Gasteiger partial charge in [-0.1, -0.05) is 15.9 Å². The van der Waals surface area contributed by atoms with Crippen LogP contribution in [0.15, 0.2) is 28.7 Å². The number of amides is 3. The molecular formula is C13H14BrN3O3. The Balaban J connectivity index is 2.02. The van der Waals surface area contributed by atoms with Crippen molar-refractivity contribution in [3.8, 4) is 0 Å². The van der Waals surface area contributed by atoms with Crippen molar-refractivity contribution in [3.05, 3.63) is 28.7 Å². The predicted octanol–water partition coefficient (Wildman–Crippen LogP) is 0.417. The molecule has 106 valence electrons. The van der Waals surface area contributed by atoms with E-state index in [1.807, 2.05) is 12.1 Å². The number of halogens is 1. The van der Waals surface area contributed by atoms with Crippen LogP contribution in [0.2, 0.25) is 0 Å². The van der Waals surface area contributed by atoms with E-state index in [9.17, 15) is 14.4 Å². The van der Waals surface area contributed by atoms with Crippen molar-refractivity contribution in [2.24, 2.45) is 0 Å². The summed E-state index contributed by atoms with van der Waals surface area (Å²) >= 11 is 3.32. The van der Waals surface area contributed by atoms with E-state index in [-0.39, 0.29) is 30.7 Å². The molecule has 0 bridgehead atoms. The fraction of sp³-hybridized carbons (Fsp3) is 0.308. The maximum Gasteiger partial charge on any atom is 0.243 e. The fourth-order valence-corrected chi connectivity index (χ4v) is 2.13. The summed E-state index contributed by atoms with van der Waals surface area (Å²) in [5, 5.41) is 4.95. The molecule has 1 unspecified atom stereocenters. The summed E-state index contributed by atoms with van der Waals surface area (Å²) < 4.78 is 0.918. The van der Waals surface area contributed by atoms with Gasteiger partial charge in [-0.3, -0.25) is 14.4 Å². The molecule has 20 heavy (non-hydrogen) atoms. The van der Waals surface area contributed by atoms with Crippen molar-refractivity contribution < 1.29 is 14.4 Å². The molecular weight excluding hydrogens is 326 g/mol. The van der Waals surface area contributed by atoms with E-state index in [1.54, 1.807) is 19.2 Å². The highest BCUT2D eigenvalue weighted by Gasteiger charge is 2.29. The number of nitrogens with one attached hydrogen (secondary N) is 2. The molecule has 3 amide bonds. The standard InChI is InChI=1S/C13H14BrN3O3/c1-17(9-4-2-8(14)3-5-9)12(19)6-10-13(20)15-7-11(18)16-10/h2-5,10H,6-7H2,1H3,(H,15,20)(H,16,18). The zero-order valence-electron chi connectivity index (χ0n) is 10.9. The first-order valence-electron chi connectivity index (χ1n) is 6.06. The Labute approximate surface area is 124 Å². The van der Waals surface area contributed by atoms with Gasteiger partial charge in [-0.15, -0.1) is 0 Å². The zero-order valence-corrected chi connectivity index (χ0v) is 12.4. The molecule has 1 aromatic carbocycles. The van der Waals surface area contributed by atoms with Gasteiger partial charge < -0.3 is 15.5 Å². The van der Waals surface area contributed by atoms with Gasteiger partial charge in [0.15, 0.2) is 0 Å². The second kappa shape index (κ2) is 6.04. The molecule has 2 N–H and O–H groups in total. The largest absolute Gasteiger partial charge is 0.345 e. The first kappa shape index (κ1) is 14.5. The van der Waals surface area contributed by atoms with Gasteiger partial charge in [0.05, 0.1) is 13.0 Å². The number of carbonyl (C=O) groups excluding carboxylic acids is 3. The Morgan fingerprint density at radius 1 is 1.35 bits per heavy atom. The molecule has 7 heteroatoms. The number of hydrogen-bond acceptors (Lipinski definition) is 3. The lowest BCUT2D eigenvalue weighted by molar-refractivity contribution is -0.135. The summed E-state index contributed by atoms with van der Waals surface area (Å²) in [5.74, 6) is -0.856. The molecule has 0 spiro atoms. The van der Waals surface area contributed by atoms with Crippen molar-refractivity contribution in [3.63, 3.8) is 0 Å². The summed E-state index contributed by atoms with van der Waals surface area (Å²) in [6, 6.07) is 6.44. The van der Waals surface area contributed by atoms with Gasteiger partial charge >= 0.3 is 0 Å². The minimum Gasteiger partial charge on any atom is -0.345 e. The van der Waals surface area contributed by atoms with E-state index in [0.717, 1.165) is 10.2 Å². The van der Waals surface area contributed by atoms with Gasteiger partial charge in [-0.2, -0.15) is 0 Å². The Bertz CT molecular complexity index is 544. The molecule has 1 aliphatic rings. The molecule has 1 atom stereocenters. The van der Waals surface area contributed by atoms with Crippen LogP contribution in [0, 0.1) is 0 Å². The first-order chi connectivity index (χ1) is 9.47. The van der Waals surface area contributed by atoms with Gasteiger partial charge in [-0.05, 0) is 24.3 Å². The number of benzene rings is 1. The van der Waals surface area contributed by atoms with E-state index in [2.05, 4.69) is 26.6 Å². The first-order valence-corrected chi connectivity index (χ1v) is 6.86. The smallest absolute Gasteiger partial charge is 0.243 e. The SMILES string of the molecule is CN(C(=O)CC1NC(=O)CNC1=O)c1ccc(Br)cc1. The van der Waals surface area contributed by atoms with Gasteiger partial charge in [0.1, 0.15) is 6.04 Å². The van der Waals surface area contributed by atoms with Gasteiger partial charge in [0.2, 0.25) is 17.7 Å². The Kier molecular flexibility index (Phi) is 4.39. The van der Waals surface area contributed by atoms with E-state index in [4.69, 9.17) is 0 Å². The fourth-order valence-electron chi connectivity index (χ4n) is 1.87. The molecule has 6 nitrogen and oxygen atoms in total. The summed E-state index contributed by atoms with van der Waals surface area (Å²) in [6.07, 6.45) is -0.0653. The monoisotopic (exact) mass is 339 g/mol. The minimum absolute atomic E-state index is 0.0356. The van der Waals surface area contributed by atoms with Crippen molar-refractivity contribution in [1.29, 1.82) is 0 Å². The Hall–Kier alpha value is -1.89. The maximum absolute atomic E-state index is 12.1. The normalized spacial score (nSPS) is 18.2. The van der Waals surface area contributed by atoms with Crippen molar-refractivity contribution in [1.82, 2.24) is 10.6 Å². The third-order valence-corrected chi connectivity index (χ3v) is 3.57. The summed E-state index contributed by atoms with van der Waals surface area (Å²) in [6.45, 7) is -0.0356. The molecule has 2 rings (SSSR count). The second-order valence-electron chi connectivity index (χ2n) is 4.47. The molecule has 1 aromatic rings. The van der Waals surface area contributed by atoms with Crippen molar-refractivity contribution in [2.45, 2.75) is 12.5 Å². The van der Waals surface area contributed by atoms with Crippen LogP contribution < -0.4 is 15.5 Å². The average molecular weight is 340 g/mol. The maximum atomic E-state index is 12.1. The molecule has 1 saturated heterocycles. The number of hydrogen-bond donors (Lipinski definition) is 2. The predicted molar refractivity (Wildman–Crippen MR) is 77.1 cm³/mol. The zero-order chi connectivity index (χ0) is 14.7. The quantitative estimate of drug-likeness (QED) is 0.837. The van der Waals surface area contributed by atoms with Crippen molar-refractivity contribution in [2.75, 3.05) is 18.5 Å². The topological polar surface area (TPSA) is 78.5 Å². The van der Waals surface area contributed by atoms with Crippen LogP contribution in [0.1, 0.15) is 6.42 Å². The number of anilines is 1. The molecule has 1 fully saturated rings. The van der Waals surface area contributed by atoms with E-state index in [0.29, 0.717) is 0 Å². The van der Waals surface area contributed by atoms with Crippen LogP contribution in [0.5, 0.6) is 0 Å². The highest BCUT2D eigenvalue weighted by atomic mass is 79.9. The number of nitrogens with zero attached hydrogens (tertiary/aromatic N) is 1. The van der Waals surface area contributed by atoms with Crippen LogP contribution in [0.4, 0.5) is 5.69 Å². The lowest BCUT2D eigenvalue weighted by Gasteiger charge is -2.25. The number of rotatable bonds is 3. The van der Waals surface area contributed by atoms with Crippen LogP contribution >= 0.6 is 15.9 Å². The summed E-state index contributed by atoms with van der Waals surface area (Å²) in [5.41, 5.74) is 0.723. The summed E-state index contributed by atoms with van der Waals surface area (Å²) in [7, 11) is 1.63. The Morgan fingerprint density at radius 3 is 2.65 bits per heavy atom. The lowest BCUT2D eigenvalue weighted by Crippen LogP contribution is -2.57. The molecule has 0 saturated carbocycles. The van der Waals surface area contributed by atoms with Gasteiger partial charge in [-0.25, -0.2) is 0 Å². The molecule has 1 aliphatic heterocycles. The highest BCUT2D eigenvalue weighted by molar-refractivity contribution is 9.10. The van der Waals surface area contributed by atoms with Gasteiger partial charge in [0, 0.05) is 17.2 Å². The third kappa shape index (κ3) is 3.36. The van der Waals surface area contributed by atoms with E-state index in [1.165, 1.54) is 4.90 Å². The minimum atomic E-state index is -0.804. The van der Waals surface area contributed by atoms with Crippen molar-refractivity contribution >= 4 is 39.3 Å². The lowest BCUT2D eigenvalue weighted by atomic mass is 10.1. The third-order valence-electron chi connectivity index (χ3n) is 3.04. The van der Waals surface area contributed by atoms with E-state index < -0.39 is 6.04 Å². The van der Waals surface area contributed by atoms with Crippen LogP contribution in [-0.4, -0.2) is 37.4 Å². The summed E-state index contributed by atoms with van der Waals surface area (Å²) in [4.78, 5) is 36.4. The average Bonchev–Trinajstić information content (AvgIpc) is 2.43. The molecule has 0 radical (unpaired) electrons. The molecule has 0 aliphatic carbocycles. The highest BCUT2D eigenvalue weighted by Crippen LogP contribution is 2.18. The van der Waals surface area contributed by atoms with Crippen LogP contribution in [0.25, 0.3) is 0 Å². The second-order valence-corrected chi connectivity index (χ2v) is 5.39. The van der Waals surface area contributed by atoms with Crippen LogP contribution in [0.3, 0.4) is 0 Å². The van der Waals surface area contributed by atoms with Crippen LogP contribution in [-0.2, 0) is 14.4 Å². The van der Waals surface area contributed by atoms with E-state index >= 15 is 0 Å².